The Bertz CT molecular complexity index is 773. The van der Waals surface area contributed by atoms with Crippen LogP contribution < -0.4 is 21.7 Å². The number of pyridine rings is 1. The zero-order chi connectivity index (χ0) is 14.1. The minimum Gasteiger partial charge on any atom is -1.00 e. The third-order valence-corrected chi connectivity index (χ3v) is 3.71. The van der Waals surface area contributed by atoms with Gasteiger partial charge in [0.15, 0.2) is 0 Å². The Morgan fingerprint density at radius 2 is 1.71 bits per heavy atom. The molecule has 1 heterocycles. The first kappa shape index (κ1) is 15.6. The first-order valence-corrected chi connectivity index (χ1v) is 6.83. The van der Waals surface area contributed by atoms with E-state index >= 15 is 0 Å². The molecule has 2 nitrogen and oxygen atoms in total. The molecule has 0 bridgehead atoms. The molecule has 0 amide bonds. The molecule has 0 aliphatic carbocycles. The lowest BCUT2D eigenvalue weighted by Crippen LogP contribution is -3.00. The second-order valence-electron chi connectivity index (χ2n) is 4.70. The van der Waals surface area contributed by atoms with Gasteiger partial charge in [0.25, 0.3) is 5.15 Å². The monoisotopic (exact) mass is 319 g/mol. The van der Waals surface area contributed by atoms with E-state index in [2.05, 4.69) is 13.0 Å². The van der Waals surface area contributed by atoms with Crippen molar-refractivity contribution in [1.29, 1.82) is 0 Å². The van der Waals surface area contributed by atoms with Gasteiger partial charge >= 0.3 is 0 Å². The number of halogens is 2. The fourth-order valence-electron chi connectivity index (χ4n) is 2.43. The summed E-state index contributed by atoms with van der Waals surface area (Å²) >= 11 is 6.46. The summed E-state index contributed by atoms with van der Waals surface area (Å²) in [6.45, 7) is 2.07. The van der Waals surface area contributed by atoms with E-state index in [4.69, 9.17) is 16.3 Å². The van der Waals surface area contributed by atoms with Crippen LogP contribution in [-0.4, -0.2) is 7.11 Å². The maximum absolute atomic E-state index is 6.46. The van der Waals surface area contributed by atoms with Crippen LogP contribution in [0.5, 0.6) is 5.75 Å². The second kappa shape index (κ2) is 6.33. The molecule has 0 N–H and O–H groups in total. The quantitative estimate of drug-likeness (QED) is 0.509. The van der Waals surface area contributed by atoms with E-state index in [9.17, 15) is 0 Å². The lowest BCUT2D eigenvalue weighted by Gasteiger charge is -2.07. The normalized spacial score (nSPS) is 10.2. The Morgan fingerprint density at radius 1 is 1.00 bits per heavy atom. The Kier molecular flexibility index (Phi) is 4.71. The minimum atomic E-state index is 0. The zero-order valence-electron chi connectivity index (χ0n) is 11.8. The molecular weight excluding hydrogens is 305 g/mol. The number of fused-ring (bicyclic) bond motifs is 1. The fourth-order valence-corrected chi connectivity index (χ4v) is 2.78. The van der Waals surface area contributed by atoms with Crippen molar-refractivity contribution in [2.24, 2.45) is 0 Å². The van der Waals surface area contributed by atoms with Crippen molar-refractivity contribution in [3.05, 3.63) is 65.3 Å². The van der Waals surface area contributed by atoms with Gasteiger partial charge in [0.05, 0.1) is 18.6 Å². The zero-order valence-corrected chi connectivity index (χ0v) is 13.3. The Morgan fingerprint density at radius 3 is 2.38 bits per heavy atom. The summed E-state index contributed by atoms with van der Waals surface area (Å²) in [4.78, 5) is 0. The van der Waals surface area contributed by atoms with Gasteiger partial charge in [0, 0.05) is 18.2 Å². The number of benzene rings is 2. The summed E-state index contributed by atoms with van der Waals surface area (Å²) in [6.07, 6.45) is 0. The highest BCUT2D eigenvalue weighted by molar-refractivity contribution is 6.28. The van der Waals surface area contributed by atoms with Crippen molar-refractivity contribution in [3.8, 4) is 11.4 Å². The smallest absolute Gasteiger partial charge is 0.281 e. The summed E-state index contributed by atoms with van der Waals surface area (Å²) in [6, 6.07) is 18.1. The van der Waals surface area contributed by atoms with Gasteiger partial charge < -0.3 is 17.1 Å². The first-order chi connectivity index (χ1) is 9.70. The van der Waals surface area contributed by atoms with Crippen molar-refractivity contribution in [2.45, 2.75) is 6.92 Å². The molecule has 0 saturated carbocycles. The van der Waals surface area contributed by atoms with Crippen molar-refractivity contribution in [1.82, 2.24) is 0 Å². The molecular formula is C17H15Cl2NO. The van der Waals surface area contributed by atoms with E-state index in [0.717, 1.165) is 22.5 Å². The molecule has 0 fully saturated rings. The highest BCUT2D eigenvalue weighted by Gasteiger charge is 2.19. The maximum Gasteiger partial charge on any atom is 0.281 e. The van der Waals surface area contributed by atoms with E-state index in [-0.39, 0.29) is 12.4 Å². The van der Waals surface area contributed by atoms with Crippen molar-refractivity contribution in [2.75, 3.05) is 7.11 Å². The van der Waals surface area contributed by atoms with Crippen LogP contribution in [0.2, 0.25) is 5.15 Å². The van der Waals surface area contributed by atoms with Crippen LogP contribution in [0.4, 0.5) is 0 Å². The molecule has 21 heavy (non-hydrogen) atoms. The standard InChI is InChI=1S/C17H15ClNO.ClH/c1-12-10-17(18)19(13-6-4-3-5-7-13)16-11-14(20-2)8-9-15(12)16;/h3-11H,1-2H3;1H/q+1;/p-1. The topological polar surface area (TPSA) is 13.1 Å². The van der Waals surface area contributed by atoms with E-state index in [0.29, 0.717) is 5.15 Å². The van der Waals surface area contributed by atoms with Crippen molar-refractivity contribution < 1.29 is 21.7 Å². The average molecular weight is 320 g/mol. The van der Waals surface area contributed by atoms with Crippen LogP contribution in [0.1, 0.15) is 5.56 Å². The molecule has 0 aliphatic heterocycles. The van der Waals surface area contributed by atoms with Crippen LogP contribution in [0.3, 0.4) is 0 Å². The highest BCUT2D eigenvalue weighted by atomic mass is 35.5. The van der Waals surface area contributed by atoms with Gasteiger partial charge in [-0.2, -0.15) is 0 Å². The van der Waals surface area contributed by atoms with Crippen LogP contribution in [0.25, 0.3) is 16.6 Å². The van der Waals surface area contributed by atoms with E-state index < -0.39 is 0 Å². The Hall–Kier alpha value is -1.77. The average Bonchev–Trinajstić information content (AvgIpc) is 2.47. The third-order valence-electron chi connectivity index (χ3n) is 3.43. The van der Waals surface area contributed by atoms with Gasteiger partial charge in [0.1, 0.15) is 5.75 Å². The Balaban J connectivity index is 0.00000161. The van der Waals surface area contributed by atoms with Gasteiger partial charge in [-0.25, -0.2) is 0 Å². The number of para-hydroxylation sites is 1. The molecule has 3 rings (SSSR count). The molecule has 0 unspecified atom stereocenters. The predicted octanol–water partition coefficient (Wildman–Crippen LogP) is 1.09. The molecule has 2 aromatic carbocycles. The summed E-state index contributed by atoms with van der Waals surface area (Å²) in [5.41, 5.74) is 3.23. The molecule has 3 aromatic rings. The van der Waals surface area contributed by atoms with Gasteiger partial charge in [-0.1, -0.05) is 18.2 Å². The number of aryl methyl sites for hydroxylation is 1. The molecule has 0 aliphatic rings. The first-order valence-electron chi connectivity index (χ1n) is 6.45. The number of aromatic nitrogens is 1. The van der Waals surface area contributed by atoms with E-state index in [1.807, 2.05) is 53.1 Å². The number of nitrogens with zero attached hydrogens (tertiary/aromatic N) is 1. The van der Waals surface area contributed by atoms with Gasteiger partial charge in [-0.3, -0.25) is 0 Å². The van der Waals surface area contributed by atoms with Crippen LogP contribution >= 0.6 is 11.6 Å². The summed E-state index contributed by atoms with van der Waals surface area (Å²) in [5.74, 6) is 0.823. The van der Waals surface area contributed by atoms with Gasteiger partial charge in [-0.05, 0) is 36.2 Å². The molecule has 0 saturated heterocycles. The minimum absolute atomic E-state index is 0. The second-order valence-corrected chi connectivity index (χ2v) is 5.09. The predicted molar refractivity (Wildman–Crippen MR) is 81.8 cm³/mol. The lowest BCUT2D eigenvalue weighted by molar-refractivity contribution is -0.564. The summed E-state index contributed by atoms with van der Waals surface area (Å²) in [7, 11) is 1.67. The fraction of sp³-hybridized carbons (Fsp3) is 0.118. The summed E-state index contributed by atoms with van der Waals surface area (Å²) < 4.78 is 7.37. The number of ether oxygens (including phenoxy) is 1. The number of hydrogen-bond donors (Lipinski definition) is 0. The summed E-state index contributed by atoms with van der Waals surface area (Å²) in [5, 5.41) is 1.86. The van der Waals surface area contributed by atoms with E-state index in [1.165, 1.54) is 5.39 Å². The van der Waals surface area contributed by atoms with Crippen LogP contribution in [0.15, 0.2) is 54.6 Å². The third kappa shape index (κ3) is 2.82. The van der Waals surface area contributed by atoms with Crippen molar-refractivity contribution >= 4 is 22.5 Å². The molecule has 108 valence electrons. The number of hydrogen-bond acceptors (Lipinski definition) is 1. The largest absolute Gasteiger partial charge is 1.00 e. The van der Waals surface area contributed by atoms with Gasteiger partial charge in [0.2, 0.25) is 11.2 Å². The number of rotatable bonds is 2. The van der Waals surface area contributed by atoms with Gasteiger partial charge in [-0.15, -0.1) is 4.57 Å². The van der Waals surface area contributed by atoms with E-state index in [1.54, 1.807) is 7.11 Å². The number of methoxy groups -OCH3 is 1. The molecule has 0 atom stereocenters. The highest BCUT2D eigenvalue weighted by Crippen LogP contribution is 2.24. The van der Waals surface area contributed by atoms with Crippen LogP contribution in [0, 0.1) is 6.92 Å². The molecule has 0 radical (unpaired) electrons. The SMILES string of the molecule is COc1ccc2c(C)cc(Cl)[n+](-c3ccccc3)c2c1.[Cl-]. The van der Waals surface area contributed by atoms with Crippen molar-refractivity contribution in [3.63, 3.8) is 0 Å². The lowest BCUT2D eigenvalue weighted by atomic mass is 10.1. The molecule has 0 spiro atoms. The maximum atomic E-state index is 6.46. The Labute approximate surface area is 135 Å². The van der Waals surface area contributed by atoms with Crippen LogP contribution in [-0.2, 0) is 0 Å². The molecule has 1 aromatic heterocycles. The molecule has 4 heteroatoms.